The van der Waals surface area contributed by atoms with Crippen LogP contribution in [-0.4, -0.2) is 24.0 Å². The maximum Gasteiger partial charge on any atom is 0.291 e. The zero-order valence-electron chi connectivity index (χ0n) is 17.4. The van der Waals surface area contributed by atoms with Gasteiger partial charge in [-0.2, -0.15) is 0 Å². The first kappa shape index (κ1) is 20.5. The average molecular weight is 420 g/mol. The molecule has 1 aromatic heterocycles. The Balaban J connectivity index is 1.25. The Kier molecular flexibility index (Phi) is 5.66. The van der Waals surface area contributed by atoms with Gasteiger partial charge in [0.2, 0.25) is 0 Å². The van der Waals surface area contributed by atoms with Gasteiger partial charge in [-0.25, -0.2) is 0 Å². The number of anilines is 1. The predicted octanol–water partition coefficient (Wildman–Crippen LogP) is 3.94. The summed E-state index contributed by atoms with van der Waals surface area (Å²) in [5.41, 5.74) is 2.35. The van der Waals surface area contributed by atoms with Gasteiger partial charge in [-0.3, -0.25) is 9.59 Å². The highest BCUT2D eigenvalue weighted by molar-refractivity contribution is 6.02. The Morgan fingerprint density at radius 2 is 1.87 bits per heavy atom. The van der Waals surface area contributed by atoms with E-state index in [2.05, 4.69) is 10.6 Å². The van der Waals surface area contributed by atoms with Crippen LogP contribution < -0.4 is 20.1 Å². The molecule has 0 unspecified atom stereocenters. The molecule has 0 aliphatic carbocycles. The third-order valence-electron chi connectivity index (χ3n) is 4.86. The van der Waals surface area contributed by atoms with Gasteiger partial charge in [-0.15, -0.1) is 0 Å². The van der Waals surface area contributed by atoms with Crippen LogP contribution in [0.15, 0.2) is 65.3 Å². The third-order valence-corrected chi connectivity index (χ3v) is 4.86. The highest BCUT2D eigenvalue weighted by Gasteiger charge is 2.32. The van der Waals surface area contributed by atoms with Crippen molar-refractivity contribution in [3.8, 4) is 11.5 Å². The Morgan fingerprint density at radius 1 is 1.06 bits per heavy atom. The molecule has 31 heavy (non-hydrogen) atoms. The summed E-state index contributed by atoms with van der Waals surface area (Å²) < 4.78 is 16.7. The molecule has 2 heterocycles. The second kappa shape index (κ2) is 8.55. The first-order valence-corrected chi connectivity index (χ1v) is 10.0. The molecule has 0 bridgehead atoms. The lowest BCUT2D eigenvalue weighted by Crippen LogP contribution is -2.28. The molecule has 0 atom stereocenters. The van der Waals surface area contributed by atoms with Crippen molar-refractivity contribution in [1.29, 1.82) is 0 Å². The van der Waals surface area contributed by atoms with Crippen LogP contribution in [-0.2, 0) is 17.8 Å². The highest BCUT2D eigenvalue weighted by Crippen LogP contribution is 2.41. The molecule has 2 amide bonds. The molecule has 0 radical (unpaired) electrons. The van der Waals surface area contributed by atoms with E-state index in [4.69, 9.17) is 13.9 Å². The molecule has 1 aliphatic rings. The SMILES string of the molecule is CC1(C)Cc2cccc(OCC(=O)NCc3ccc(NC(=O)c4ccco4)cc3)c2O1. The van der Waals surface area contributed by atoms with Gasteiger partial charge in [0.05, 0.1) is 6.26 Å². The van der Waals surface area contributed by atoms with Crippen molar-refractivity contribution in [2.45, 2.75) is 32.4 Å². The van der Waals surface area contributed by atoms with E-state index in [1.165, 1.54) is 6.26 Å². The van der Waals surface area contributed by atoms with Crippen molar-refractivity contribution >= 4 is 17.5 Å². The van der Waals surface area contributed by atoms with E-state index in [0.717, 1.165) is 17.5 Å². The predicted molar refractivity (Wildman–Crippen MR) is 115 cm³/mol. The summed E-state index contributed by atoms with van der Waals surface area (Å²) in [6, 6.07) is 16.2. The molecular formula is C24H24N2O5. The Hall–Kier alpha value is -3.74. The average Bonchev–Trinajstić information content (AvgIpc) is 3.38. The Labute approximate surface area is 180 Å². The molecule has 160 valence electrons. The van der Waals surface area contributed by atoms with Crippen LogP contribution in [0.5, 0.6) is 11.5 Å². The molecule has 1 aliphatic heterocycles. The number of rotatable bonds is 7. The number of amides is 2. The number of benzene rings is 2. The number of hydrogen-bond acceptors (Lipinski definition) is 5. The summed E-state index contributed by atoms with van der Waals surface area (Å²) in [6.07, 6.45) is 2.26. The fourth-order valence-corrected chi connectivity index (χ4v) is 3.40. The maximum absolute atomic E-state index is 12.2. The van der Waals surface area contributed by atoms with Crippen molar-refractivity contribution in [3.63, 3.8) is 0 Å². The minimum atomic E-state index is -0.317. The molecule has 4 rings (SSSR count). The van der Waals surface area contributed by atoms with Crippen molar-refractivity contribution in [3.05, 3.63) is 77.7 Å². The molecule has 0 fully saturated rings. The molecule has 2 N–H and O–H groups in total. The minimum Gasteiger partial charge on any atom is -0.483 e. The monoisotopic (exact) mass is 420 g/mol. The number of carbonyl (C=O) groups is 2. The summed E-state index contributed by atoms with van der Waals surface area (Å²) >= 11 is 0. The summed E-state index contributed by atoms with van der Waals surface area (Å²) in [6.45, 7) is 4.30. The Morgan fingerprint density at radius 3 is 2.61 bits per heavy atom. The normalized spacial score (nSPS) is 13.7. The van der Waals surface area contributed by atoms with E-state index in [9.17, 15) is 9.59 Å². The van der Waals surface area contributed by atoms with Crippen LogP contribution in [0, 0.1) is 0 Å². The highest BCUT2D eigenvalue weighted by atomic mass is 16.5. The van der Waals surface area contributed by atoms with E-state index in [1.54, 1.807) is 24.3 Å². The summed E-state index contributed by atoms with van der Waals surface area (Å²) in [7, 11) is 0. The van der Waals surface area contributed by atoms with Crippen LogP contribution in [0.25, 0.3) is 0 Å². The van der Waals surface area contributed by atoms with Gasteiger partial charge in [-0.1, -0.05) is 24.3 Å². The number of nitrogens with one attached hydrogen (secondary N) is 2. The number of para-hydroxylation sites is 1. The summed E-state index contributed by atoms with van der Waals surface area (Å²) in [5.74, 6) is 0.991. The number of hydrogen-bond donors (Lipinski definition) is 2. The molecule has 7 heteroatoms. The van der Waals surface area contributed by atoms with E-state index in [0.29, 0.717) is 23.7 Å². The quantitative estimate of drug-likeness (QED) is 0.604. The van der Waals surface area contributed by atoms with Gasteiger partial charge >= 0.3 is 0 Å². The van der Waals surface area contributed by atoms with Gasteiger partial charge in [0.1, 0.15) is 5.60 Å². The fraction of sp³-hybridized carbons (Fsp3) is 0.250. The largest absolute Gasteiger partial charge is 0.483 e. The molecule has 2 aromatic carbocycles. The van der Waals surface area contributed by atoms with Gasteiger partial charge in [0.15, 0.2) is 23.9 Å². The smallest absolute Gasteiger partial charge is 0.291 e. The topological polar surface area (TPSA) is 89.8 Å². The number of carbonyl (C=O) groups excluding carboxylic acids is 2. The van der Waals surface area contributed by atoms with E-state index in [1.807, 2.05) is 44.2 Å². The zero-order chi connectivity index (χ0) is 21.8. The van der Waals surface area contributed by atoms with Crippen LogP contribution >= 0.6 is 0 Å². The van der Waals surface area contributed by atoms with Gasteiger partial charge in [0.25, 0.3) is 11.8 Å². The van der Waals surface area contributed by atoms with Crippen LogP contribution in [0.2, 0.25) is 0 Å². The second-order valence-electron chi connectivity index (χ2n) is 7.98. The van der Waals surface area contributed by atoms with Crippen LogP contribution in [0.3, 0.4) is 0 Å². The number of ether oxygens (including phenoxy) is 2. The molecule has 3 aromatic rings. The van der Waals surface area contributed by atoms with Gasteiger partial charge in [-0.05, 0) is 49.7 Å². The lowest BCUT2D eigenvalue weighted by Gasteiger charge is -2.18. The number of fused-ring (bicyclic) bond motifs is 1. The lowest BCUT2D eigenvalue weighted by atomic mass is 10.0. The van der Waals surface area contributed by atoms with E-state index in [-0.39, 0.29) is 29.8 Å². The zero-order valence-corrected chi connectivity index (χ0v) is 17.4. The minimum absolute atomic E-state index is 0.0997. The van der Waals surface area contributed by atoms with E-state index < -0.39 is 0 Å². The summed E-state index contributed by atoms with van der Waals surface area (Å²) in [4.78, 5) is 24.2. The summed E-state index contributed by atoms with van der Waals surface area (Å²) in [5, 5.41) is 5.58. The first-order valence-electron chi connectivity index (χ1n) is 10.0. The fourth-order valence-electron chi connectivity index (χ4n) is 3.40. The van der Waals surface area contributed by atoms with Gasteiger partial charge in [0, 0.05) is 24.2 Å². The molecular weight excluding hydrogens is 396 g/mol. The molecule has 7 nitrogen and oxygen atoms in total. The van der Waals surface area contributed by atoms with Crippen molar-refractivity contribution < 1.29 is 23.5 Å². The molecule has 0 spiro atoms. The Bertz CT molecular complexity index is 1070. The van der Waals surface area contributed by atoms with Crippen molar-refractivity contribution in [2.24, 2.45) is 0 Å². The van der Waals surface area contributed by atoms with E-state index >= 15 is 0 Å². The lowest BCUT2D eigenvalue weighted by molar-refractivity contribution is -0.123. The molecule has 0 saturated carbocycles. The van der Waals surface area contributed by atoms with Crippen LogP contribution in [0.4, 0.5) is 5.69 Å². The molecule has 0 saturated heterocycles. The first-order chi connectivity index (χ1) is 14.9. The second-order valence-corrected chi connectivity index (χ2v) is 7.98. The van der Waals surface area contributed by atoms with Crippen molar-refractivity contribution in [1.82, 2.24) is 5.32 Å². The van der Waals surface area contributed by atoms with Crippen LogP contribution in [0.1, 0.15) is 35.5 Å². The number of furan rings is 1. The van der Waals surface area contributed by atoms with Gasteiger partial charge < -0.3 is 24.5 Å². The third kappa shape index (κ3) is 5.06. The standard InChI is InChI=1S/C24H24N2O5/c1-24(2)13-17-5-3-6-19(22(17)31-24)30-15-21(27)25-14-16-8-10-18(11-9-16)26-23(28)20-7-4-12-29-20/h3-12H,13-15H2,1-2H3,(H,25,27)(H,26,28). The van der Waals surface area contributed by atoms with Crippen molar-refractivity contribution in [2.75, 3.05) is 11.9 Å². The maximum atomic E-state index is 12.2.